The minimum atomic E-state index is -2.13. The molecule has 7 heteroatoms. The topological polar surface area (TPSA) is 56.7 Å². The van der Waals surface area contributed by atoms with Crippen LogP contribution in [-0.2, 0) is 20.1 Å². The number of imidazole rings is 1. The molecule has 58 heavy (non-hydrogen) atoms. The quantitative estimate of drug-likeness (QED) is 0.123. The van der Waals surface area contributed by atoms with Crippen LogP contribution in [0.3, 0.4) is 0 Å². The molecule has 0 aliphatic carbocycles. The maximum Gasteiger partial charge on any atom is 0.216 e. The second-order valence-corrected chi connectivity index (χ2v) is 21.0. The Balaban J connectivity index is 0.000000202. The molecule has 0 saturated carbocycles. The molecule has 4 aromatic heterocycles. The van der Waals surface area contributed by atoms with Crippen molar-refractivity contribution < 1.29 is 30.0 Å². The van der Waals surface area contributed by atoms with Crippen LogP contribution in [0.1, 0.15) is 53.2 Å². The van der Waals surface area contributed by atoms with Gasteiger partial charge in [-0.2, -0.15) is 0 Å². The van der Waals surface area contributed by atoms with E-state index in [1.54, 1.807) is 12.1 Å². The maximum absolute atomic E-state index is 8.48. The van der Waals surface area contributed by atoms with Crippen molar-refractivity contribution in [3.8, 4) is 39.5 Å². The van der Waals surface area contributed by atoms with E-state index in [2.05, 4.69) is 121 Å². The van der Waals surface area contributed by atoms with Crippen LogP contribution in [0.5, 0.6) is 0 Å². The summed E-state index contributed by atoms with van der Waals surface area (Å²) in [6.45, 7) is 14.7. The van der Waals surface area contributed by atoms with Gasteiger partial charge in [0.25, 0.3) is 0 Å². The molecule has 0 aliphatic rings. The molecular weight excluding hydrogens is 905 g/mol. The number of rotatable bonds is 6. The van der Waals surface area contributed by atoms with Gasteiger partial charge in [0.05, 0.1) is 30.5 Å². The van der Waals surface area contributed by atoms with Gasteiger partial charge in [-0.25, -0.2) is 4.98 Å². The van der Waals surface area contributed by atoms with E-state index in [1.165, 1.54) is 33.5 Å². The third-order valence-electron chi connectivity index (χ3n) is 10.4. The van der Waals surface area contributed by atoms with E-state index in [4.69, 9.17) is 14.9 Å². The van der Waals surface area contributed by atoms with Crippen LogP contribution in [0.4, 0.5) is 0 Å². The number of furan rings is 1. The largest absolute Gasteiger partial charge is 0.486 e. The van der Waals surface area contributed by atoms with Gasteiger partial charge in [-0.3, -0.25) is 4.98 Å². The summed E-state index contributed by atoms with van der Waals surface area (Å²) in [6.07, 6.45) is 1.89. The van der Waals surface area contributed by atoms with Crippen LogP contribution in [-0.4, -0.2) is 27.6 Å². The minimum absolute atomic E-state index is 0. The van der Waals surface area contributed by atoms with E-state index in [0.717, 1.165) is 67.0 Å². The molecule has 9 rings (SSSR count). The van der Waals surface area contributed by atoms with E-state index in [-0.39, 0.29) is 25.7 Å². The number of benzene rings is 5. The van der Waals surface area contributed by atoms with E-state index in [9.17, 15) is 0 Å². The normalized spacial score (nSPS) is 13.0. The van der Waals surface area contributed by atoms with Crippen molar-refractivity contribution in [1.29, 1.82) is 0 Å². The number of nitrogens with zero attached hydrogens (tertiary/aromatic N) is 4. The third-order valence-corrected chi connectivity index (χ3v) is 12.4. The van der Waals surface area contributed by atoms with Crippen molar-refractivity contribution >= 4 is 46.4 Å². The Bertz CT molecular complexity index is 3050. The molecule has 4 heterocycles. The number of aryl methyl sites for hydroxylation is 4. The summed E-state index contributed by atoms with van der Waals surface area (Å²) in [6, 6.07) is 44.6. The summed E-state index contributed by atoms with van der Waals surface area (Å²) in [5, 5.41) is 3.20. The third kappa shape index (κ3) is 7.87. The number of para-hydroxylation sites is 2. The SMILES string of the molecule is Cc1ccc2c(n1)oc1c(-c3nc4ccccc4n3-c3c(C)cc(-c4ccccc4)cc3C)[c-]ccc12.[2H]C([2H])([2H])c1c[c-]c(-c2cc(C([2H])(C)C)c([Si](C)(C)C)cn2)cc1.[Ir]. The molecule has 0 bridgehead atoms. The Hall–Kier alpha value is -5.46. The van der Waals surface area contributed by atoms with Gasteiger partial charge in [-0.15, -0.1) is 53.6 Å². The Morgan fingerprint density at radius 3 is 2.22 bits per heavy atom. The zero-order valence-corrected chi connectivity index (χ0v) is 37.5. The number of hydrogen-bond donors (Lipinski definition) is 0. The fourth-order valence-electron chi connectivity index (χ4n) is 7.60. The van der Waals surface area contributed by atoms with Gasteiger partial charge >= 0.3 is 0 Å². The summed E-state index contributed by atoms with van der Waals surface area (Å²) in [5.41, 5.74) is 13.7. The average molecular weight is 957 g/mol. The maximum atomic E-state index is 8.48. The van der Waals surface area contributed by atoms with Gasteiger partial charge in [-0.05, 0) is 96.2 Å². The fourth-order valence-corrected chi connectivity index (χ4v) is 9.19. The van der Waals surface area contributed by atoms with E-state index >= 15 is 0 Å². The number of hydrogen-bond acceptors (Lipinski definition) is 4. The first-order valence-electron chi connectivity index (χ1n) is 21.3. The molecule has 0 atom stereocenters. The summed E-state index contributed by atoms with van der Waals surface area (Å²) in [4.78, 5) is 14.3. The average Bonchev–Trinajstić information content (AvgIpc) is 3.78. The van der Waals surface area contributed by atoms with Crippen molar-refractivity contribution in [3.63, 3.8) is 0 Å². The first-order valence-corrected chi connectivity index (χ1v) is 22.8. The molecule has 5 nitrogen and oxygen atoms in total. The molecule has 0 N–H and O–H groups in total. The zero-order valence-electron chi connectivity index (χ0n) is 38.1. The van der Waals surface area contributed by atoms with E-state index < -0.39 is 20.8 Å². The van der Waals surface area contributed by atoms with Gasteiger partial charge < -0.3 is 14.0 Å². The van der Waals surface area contributed by atoms with Crippen LogP contribution >= 0.6 is 0 Å². The summed E-state index contributed by atoms with van der Waals surface area (Å²) in [5.74, 6) is 0.0904. The second-order valence-electron chi connectivity index (χ2n) is 15.9. The molecule has 0 saturated heterocycles. The Labute approximate surface area is 362 Å². The first kappa shape index (κ1) is 35.7. The molecule has 0 spiro atoms. The van der Waals surface area contributed by atoms with Crippen molar-refractivity contribution in [2.75, 3.05) is 0 Å². The summed E-state index contributed by atoms with van der Waals surface area (Å²) < 4.78 is 39.4. The smallest absolute Gasteiger partial charge is 0.216 e. The van der Waals surface area contributed by atoms with Crippen LogP contribution < -0.4 is 5.19 Å². The molecular formula is C51H48IrN4OSi-2. The zero-order chi connectivity index (χ0) is 43.4. The van der Waals surface area contributed by atoms with E-state index in [0.29, 0.717) is 5.71 Å². The molecule has 0 aliphatic heterocycles. The number of pyridine rings is 2. The van der Waals surface area contributed by atoms with Crippen LogP contribution in [0.15, 0.2) is 126 Å². The fraction of sp³-hybridized carbons (Fsp3) is 0.196. The van der Waals surface area contributed by atoms with Crippen molar-refractivity contribution in [3.05, 3.63) is 162 Å². The standard InChI is InChI=1S/C33H24N3O.C18H24NSi.Ir/c1-20-18-24(23-10-5-4-6-11-23)19-21(2)30(20)36-29-15-8-7-14-28(29)35-32(36)27-13-9-12-25-26-17-16-22(3)34-33(26)37-31(25)27;1-13(2)16-11-17(15-9-7-14(3)8-10-15)19-12-18(16)20(4,5)6;/h4-12,14-19H,1-3H3;7-9,11-13H,1-6H3;/q2*-1;/i;3D3,13D;. The number of aromatic nitrogens is 4. The van der Waals surface area contributed by atoms with Crippen LogP contribution in [0.25, 0.3) is 72.6 Å². The Morgan fingerprint density at radius 1 is 0.793 bits per heavy atom. The molecule has 1 radical (unpaired) electrons. The van der Waals surface area contributed by atoms with Crippen molar-refractivity contribution in [2.24, 2.45) is 0 Å². The van der Waals surface area contributed by atoms with Gasteiger partial charge in [0.1, 0.15) is 0 Å². The van der Waals surface area contributed by atoms with Gasteiger partial charge in [0, 0.05) is 48.6 Å². The van der Waals surface area contributed by atoms with Crippen molar-refractivity contribution in [2.45, 2.75) is 67.0 Å². The van der Waals surface area contributed by atoms with Crippen LogP contribution in [0, 0.1) is 39.8 Å². The van der Waals surface area contributed by atoms with Gasteiger partial charge in [0.15, 0.2) is 0 Å². The summed E-state index contributed by atoms with van der Waals surface area (Å²) >= 11 is 0. The van der Waals surface area contributed by atoms with E-state index in [1.807, 2.05) is 63.4 Å². The summed E-state index contributed by atoms with van der Waals surface area (Å²) in [7, 11) is -1.61. The molecule has 9 aromatic rings. The first-order chi connectivity index (χ1) is 28.9. The predicted molar refractivity (Wildman–Crippen MR) is 240 cm³/mol. The molecule has 0 amide bonds. The second kappa shape index (κ2) is 16.4. The van der Waals surface area contributed by atoms with Crippen molar-refractivity contribution in [1.82, 2.24) is 19.5 Å². The predicted octanol–water partition coefficient (Wildman–Crippen LogP) is 12.9. The van der Waals surface area contributed by atoms with Crippen LogP contribution in [0.2, 0.25) is 19.6 Å². The molecule has 0 unspecified atom stereocenters. The monoisotopic (exact) mass is 957 g/mol. The molecule has 0 fully saturated rings. The molecule has 5 aromatic carbocycles. The van der Waals surface area contributed by atoms with Gasteiger partial charge in [-0.1, -0.05) is 105 Å². The Kier molecular flexibility index (Phi) is 10.1. The van der Waals surface area contributed by atoms with Gasteiger partial charge in [0.2, 0.25) is 5.71 Å². The molecule has 293 valence electrons. The minimum Gasteiger partial charge on any atom is -0.486 e. The number of fused-ring (bicyclic) bond motifs is 4. The Morgan fingerprint density at radius 2 is 1.53 bits per heavy atom.